The highest BCUT2D eigenvalue weighted by molar-refractivity contribution is 6.01. The molecule has 31 heavy (non-hydrogen) atoms. The number of hydrogen-bond donors (Lipinski definition) is 2. The van der Waals surface area contributed by atoms with Crippen LogP contribution in [0.4, 0.5) is 0 Å². The summed E-state index contributed by atoms with van der Waals surface area (Å²) in [5.74, 6) is 0.0274. The zero-order valence-corrected chi connectivity index (χ0v) is 18.7. The van der Waals surface area contributed by atoms with E-state index in [-0.39, 0.29) is 34.7 Å². The normalized spacial score (nSPS) is 50.4. The first-order valence-electron chi connectivity index (χ1n) is 11.8. The van der Waals surface area contributed by atoms with Crippen LogP contribution < -0.4 is 0 Å². The Morgan fingerprint density at radius 1 is 1.32 bits per heavy atom. The molecular weight excluding hydrogens is 396 g/mol. The third-order valence-electron chi connectivity index (χ3n) is 9.37. The van der Waals surface area contributed by atoms with Crippen LogP contribution in [0.15, 0.2) is 23.8 Å². The monoisotopic (exact) mass is 430 g/mol. The highest BCUT2D eigenvalue weighted by atomic mass is 16.7. The van der Waals surface area contributed by atoms with Gasteiger partial charge in [-0.15, -0.1) is 0 Å². The number of allylic oxidation sites excluding steroid dienone is 4. The van der Waals surface area contributed by atoms with Crippen LogP contribution in [0.25, 0.3) is 0 Å². The molecule has 4 fully saturated rings. The first-order valence-corrected chi connectivity index (χ1v) is 11.8. The first kappa shape index (κ1) is 21.5. The summed E-state index contributed by atoms with van der Waals surface area (Å²) in [7, 11) is 0. The quantitative estimate of drug-likeness (QED) is 0.712. The van der Waals surface area contributed by atoms with E-state index < -0.39 is 36.1 Å². The van der Waals surface area contributed by atoms with Crippen LogP contribution in [0.5, 0.6) is 0 Å². The number of fused-ring (bicyclic) bond motifs is 7. The Bertz CT molecular complexity index is 862. The van der Waals surface area contributed by atoms with Crippen molar-refractivity contribution in [3.8, 4) is 0 Å². The molecule has 5 aliphatic rings. The Morgan fingerprint density at radius 2 is 2.10 bits per heavy atom. The van der Waals surface area contributed by atoms with Gasteiger partial charge in [0.25, 0.3) is 0 Å². The van der Waals surface area contributed by atoms with Gasteiger partial charge in [-0.1, -0.05) is 38.8 Å². The predicted octanol–water partition coefficient (Wildman–Crippen LogP) is 2.72. The van der Waals surface area contributed by atoms with Gasteiger partial charge in [0.05, 0.1) is 12.2 Å². The van der Waals surface area contributed by atoms with Gasteiger partial charge in [-0.25, -0.2) is 0 Å². The lowest BCUT2D eigenvalue weighted by atomic mass is 9.46. The summed E-state index contributed by atoms with van der Waals surface area (Å²) < 4.78 is 12.7. The molecular formula is C25H34O6. The number of Topliss-reactive ketones (excluding diaryl/α,β-unsaturated/α-hetero) is 1. The van der Waals surface area contributed by atoms with Crippen molar-refractivity contribution in [2.24, 2.45) is 28.6 Å². The fourth-order valence-corrected chi connectivity index (χ4v) is 8.12. The molecule has 170 valence electrons. The van der Waals surface area contributed by atoms with Crippen LogP contribution in [0, 0.1) is 28.6 Å². The van der Waals surface area contributed by atoms with E-state index >= 15 is 0 Å². The van der Waals surface area contributed by atoms with Crippen LogP contribution in [0.3, 0.4) is 0 Å². The molecule has 2 N–H and O–H groups in total. The molecule has 6 heteroatoms. The maximum atomic E-state index is 13.2. The predicted molar refractivity (Wildman–Crippen MR) is 113 cm³/mol. The number of carbonyl (C=O) groups is 2. The standard InChI is InChI=1S/C25H34O6/c1-4-5-21-30-20-11-17-16-7-6-14-10-15(27)8-9-23(14,2)22(16)18(28)12-24(17,3)25(20,31-21)19(29)13-26/h8-10,16-18,20-22,26,28H,4-7,11-13H2,1-3H3/t16-,17-,18-,20+,21?,22+,23-,24-,25-/m0/s1. The summed E-state index contributed by atoms with van der Waals surface area (Å²) in [5.41, 5.74) is -1.05. The van der Waals surface area contributed by atoms with Crippen molar-refractivity contribution in [3.05, 3.63) is 23.8 Å². The van der Waals surface area contributed by atoms with Gasteiger partial charge in [0, 0.05) is 16.7 Å². The molecule has 0 aromatic carbocycles. The zero-order chi connectivity index (χ0) is 22.2. The van der Waals surface area contributed by atoms with Gasteiger partial charge in [0.2, 0.25) is 0 Å². The van der Waals surface area contributed by atoms with Crippen LogP contribution in [-0.4, -0.2) is 52.5 Å². The van der Waals surface area contributed by atoms with Crippen molar-refractivity contribution in [3.63, 3.8) is 0 Å². The molecule has 0 aromatic heterocycles. The van der Waals surface area contributed by atoms with Crippen LogP contribution >= 0.6 is 0 Å². The smallest absolute Gasteiger partial charge is 0.193 e. The number of carbonyl (C=O) groups excluding carboxylic acids is 2. The van der Waals surface area contributed by atoms with Gasteiger partial charge in [-0.2, -0.15) is 0 Å². The van der Waals surface area contributed by atoms with Gasteiger partial charge in [-0.05, 0) is 56.1 Å². The molecule has 0 radical (unpaired) electrons. The summed E-state index contributed by atoms with van der Waals surface area (Å²) in [4.78, 5) is 25.2. The lowest BCUT2D eigenvalue weighted by molar-refractivity contribution is -0.200. The minimum absolute atomic E-state index is 0.0125. The molecule has 0 bridgehead atoms. The molecule has 1 aliphatic heterocycles. The fourth-order valence-electron chi connectivity index (χ4n) is 8.12. The molecule has 1 heterocycles. The highest BCUT2D eigenvalue weighted by Gasteiger charge is 2.75. The van der Waals surface area contributed by atoms with Gasteiger partial charge >= 0.3 is 0 Å². The van der Waals surface area contributed by atoms with E-state index in [1.54, 1.807) is 12.2 Å². The molecule has 3 saturated carbocycles. The van der Waals surface area contributed by atoms with Crippen LogP contribution in [0.2, 0.25) is 0 Å². The molecule has 4 aliphatic carbocycles. The SMILES string of the molecule is CCCC1O[C@@H]2C[C@H]3[C@@H]4CCC5=CC(=O)C=C[C@]5(C)[C@H]4[C@@H](O)C[C@]3(C)[C@@]2(C(=O)CO)O1. The van der Waals surface area contributed by atoms with Crippen molar-refractivity contribution in [2.75, 3.05) is 6.61 Å². The topological polar surface area (TPSA) is 93.1 Å². The van der Waals surface area contributed by atoms with Crippen molar-refractivity contribution in [2.45, 2.75) is 83.4 Å². The van der Waals surface area contributed by atoms with E-state index in [0.29, 0.717) is 19.3 Å². The molecule has 5 rings (SSSR count). The summed E-state index contributed by atoms with van der Waals surface area (Å²) in [6.45, 7) is 5.67. The average molecular weight is 431 g/mol. The van der Waals surface area contributed by atoms with E-state index in [1.165, 1.54) is 0 Å². The molecule has 9 atom stereocenters. The second-order valence-corrected chi connectivity index (χ2v) is 10.7. The third kappa shape index (κ3) is 2.65. The Labute approximate surface area is 183 Å². The van der Waals surface area contributed by atoms with Crippen molar-refractivity contribution in [1.29, 1.82) is 0 Å². The van der Waals surface area contributed by atoms with E-state index in [2.05, 4.69) is 20.8 Å². The third-order valence-corrected chi connectivity index (χ3v) is 9.37. The minimum atomic E-state index is -1.20. The average Bonchev–Trinajstić information content (AvgIpc) is 3.20. The number of rotatable bonds is 4. The Kier molecular flexibility index (Phi) is 4.91. The molecule has 0 aromatic rings. The van der Waals surface area contributed by atoms with Gasteiger partial charge < -0.3 is 19.7 Å². The van der Waals surface area contributed by atoms with Gasteiger partial charge in [0.15, 0.2) is 23.5 Å². The van der Waals surface area contributed by atoms with Crippen molar-refractivity contribution < 1.29 is 29.3 Å². The first-order chi connectivity index (χ1) is 14.7. The second kappa shape index (κ2) is 7.08. The number of aliphatic hydroxyl groups is 2. The summed E-state index contributed by atoms with van der Waals surface area (Å²) in [6.07, 6.45) is 8.31. The van der Waals surface area contributed by atoms with E-state index in [0.717, 1.165) is 24.8 Å². The highest BCUT2D eigenvalue weighted by Crippen LogP contribution is 2.69. The van der Waals surface area contributed by atoms with E-state index in [1.807, 2.05) is 6.08 Å². The summed E-state index contributed by atoms with van der Waals surface area (Å²) in [5, 5.41) is 21.4. The minimum Gasteiger partial charge on any atom is -0.393 e. The number of aliphatic hydroxyl groups excluding tert-OH is 2. The summed E-state index contributed by atoms with van der Waals surface area (Å²) >= 11 is 0. The van der Waals surface area contributed by atoms with E-state index in [4.69, 9.17) is 9.47 Å². The molecule has 0 amide bonds. The van der Waals surface area contributed by atoms with Crippen LogP contribution in [-0.2, 0) is 19.1 Å². The lowest BCUT2D eigenvalue weighted by Gasteiger charge is -2.59. The summed E-state index contributed by atoms with van der Waals surface area (Å²) in [6, 6.07) is 0. The Hall–Kier alpha value is -1.34. The Balaban J connectivity index is 1.55. The lowest BCUT2D eigenvalue weighted by Crippen LogP contribution is -2.63. The second-order valence-electron chi connectivity index (χ2n) is 10.7. The fraction of sp³-hybridized carbons (Fsp3) is 0.760. The Morgan fingerprint density at radius 3 is 2.81 bits per heavy atom. The zero-order valence-electron chi connectivity index (χ0n) is 18.7. The van der Waals surface area contributed by atoms with E-state index in [9.17, 15) is 19.8 Å². The number of ether oxygens (including phenoxy) is 2. The molecule has 0 spiro atoms. The number of hydrogen-bond acceptors (Lipinski definition) is 6. The van der Waals surface area contributed by atoms with Crippen molar-refractivity contribution >= 4 is 11.6 Å². The largest absolute Gasteiger partial charge is 0.393 e. The van der Waals surface area contributed by atoms with Gasteiger partial charge in [0.1, 0.15) is 6.61 Å². The maximum Gasteiger partial charge on any atom is 0.193 e. The number of ketones is 2. The maximum absolute atomic E-state index is 13.2. The molecule has 1 saturated heterocycles. The molecule has 6 nitrogen and oxygen atoms in total. The van der Waals surface area contributed by atoms with Crippen LogP contribution in [0.1, 0.15) is 59.3 Å². The van der Waals surface area contributed by atoms with Crippen molar-refractivity contribution in [1.82, 2.24) is 0 Å². The molecule has 1 unspecified atom stereocenters. The van der Waals surface area contributed by atoms with Gasteiger partial charge in [-0.3, -0.25) is 9.59 Å².